The second-order valence-corrected chi connectivity index (χ2v) is 7.14. The van der Waals surface area contributed by atoms with Crippen molar-refractivity contribution in [1.82, 2.24) is 15.8 Å². The zero-order valence-corrected chi connectivity index (χ0v) is 14.7. The fraction of sp³-hybridized carbons (Fsp3) is 0.632. The molecule has 0 aromatic heterocycles. The van der Waals surface area contributed by atoms with Crippen LogP contribution in [0.15, 0.2) is 24.3 Å². The quantitative estimate of drug-likeness (QED) is 0.793. The van der Waals surface area contributed by atoms with E-state index in [2.05, 4.69) is 10.9 Å². The van der Waals surface area contributed by atoms with Crippen molar-refractivity contribution in [3.8, 4) is 5.75 Å². The van der Waals surface area contributed by atoms with Gasteiger partial charge in [-0.25, -0.2) is 4.39 Å². The Hall–Kier alpha value is -1.66. The smallest absolute Gasteiger partial charge is 0.222 e. The Bertz CT molecular complexity index is 563. The van der Waals surface area contributed by atoms with E-state index in [0.29, 0.717) is 30.6 Å². The Morgan fingerprint density at radius 2 is 2.12 bits per heavy atom. The number of carbonyl (C=O) groups excluding carboxylic acids is 1. The van der Waals surface area contributed by atoms with Crippen LogP contribution in [0.4, 0.5) is 4.39 Å². The molecule has 25 heavy (non-hydrogen) atoms. The van der Waals surface area contributed by atoms with E-state index < -0.39 is 0 Å². The number of ether oxygens (including phenoxy) is 1. The fourth-order valence-electron chi connectivity index (χ4n) is 3.61. The van der Waals surface area contributed by atoms with Gasteiger partial charge < -0.3 is 9.64 Å². The van der Waals surface area contributed by atoms with E-state index in [0.717, 1.165) is 51.9 Å². The molecule has 2 fully saturated rings. The lowest BCUT2D eigenvalue weighted by Crippen LogP contribution is -2.41. The number of hydrazine groups is 1. The molecule has 2 heterocycles. The van der Waals surface area contributed by atoms with Crippen LogP contribution in [-0.2, 0) is 4.79 Å². The highest BCUT2D eigenvalue weighted by molar-refractivity contribution is 5.76. The first kappa shape index (κ1) is 18.1. The summed E-state index contributed by atoms with van der Waals surface area (Å²) in [5.41, 5.74) is 6.26. The van der Waals surface area contributed by atoms with Crippen molar-refractivity contribution in [2.75, 3.05) is 32.8 Å². The minimum atomic E-state index is -0.286. The maximum absolute atomic E-state index is 13.2. The summed E-state index contributed by atoms with van der Waals surface area (Å²) >= 11 is 0. The van der Waals surface area contributed by atoms with Gasteiger partial charge in [-0.15, -0.1) is 0 Å². The lowest BCUT2D eigenvalue weighted by molar-refractivity contribution is -0.133. The number of piperidine rings is 1. The van der Waals surface area contributed by atoms with E-state index in [1.54, 1.807) is 12.1 Å². The Morgan fingerprint density at radius 1 is 1.28 bits per heavy atom. The van der Waals surface area contributed by atoms with Crippen LogP contribution in [0.2, 0.25) is 0 Å². The average molecular weight is 349 g/mol. The minimum absolute atomic E-state index is 0.259. The number of likely N-dealkylation sites (tertiary alicyclic amines) is 1. The lowest BCUT2D eigenvalue weighted by Gasteiger charge is -2.32. The number of hydrogen-bond acceptors (Lipinski definition) is 4. The number of rotatable bonds is 7. The van der Waals surface area contributed by atoms with Gasteiger partial charge in [0.15, 0.2) is 0 Å². The first-order valence-corrected chi connectivity index (χ1v) is 9.32. The molecule has 2 N–H and O–H groups in total. The normalized spacial score (nSPS) is 21.5. The summed E-state index contributed by atoms with van der Waals surface area (Å²) in [5.74, 6) is 1.49. The molecular formula is C19H28FN3O2. The molecule has 1 aromatic rings. The van der Waals surface area contributed by atoms with Crippen molar-refractivity contribution in [1.29, 1.82) is 0 Å². The van der Waals surface area contributed by atoms with Crippen LogP contribution in [0, 0.1) is 17.7 Å². The van der Waals surface area contributed by atoms with Crippen LogP contribution < -0.4 is 15.6 Å². The molecule has 2 aliphatic heterocycles. The molecule has 0 aliphatic carbocycles. The molecule has 1 unspecified atom stereocenters. The van der Waals surface area contributed by atoms with Crippen molar-refractivity contribution in [3.05, 3.63) is 30.1 Å². The summed E-state index contributed by atoms with van der Waals surface area (Å²) in [6.07, 6.45) is 4.74. The van der Waals surface area contributed by atoms with Crippen LogP contribution in [-0.4, -0.2) is 43.6 Å². The predicted octanol–water partition coefficient (Wildman–Crippen LogP) is 2.34. The van der Waals surface area contributed by atoms with E-state index in [1.165, 1.54) is 12.1 Å². The third-order valence-electron chi connectivity index (χ3n) is 5.06. The van der Waals surface area contributed by atoms with Gasteiger partial charge in [-0.2, -0.15) is 0 Å². The summed E-state index contributed by atoms with van der Waals surface area (Å²) < 4.78 is 18.9. The van der Waals surface area contributed by atoms with Gasteiger partial charge in [-0.05, 0) is 43.7 Å². The van der Waals surface area contributed by atoms with Crippen LogP contribution in [0.1, 0.15) is 32.1 Å². The highest BCUT2D eigenvalue weighted by atomic mass is 19.1. The van der Waals surface area contributed by atoms with Gasteiger partial charge in [0.05, 0.1) is 6.61 Å². The molecule has 0 saturated carbocycles. The van der Waals surface area contributed by atoms with Crippen molar-refractivity contribution in [2.24, 2.45) is 11.8 Å². The van der Waals surface area contributed by atoms with E-state index >= 15 is 0 Å². The second-order valence-electron chi connectivity index (χ2n) is 7.14. The molecule has 1 amide bonds. The summed E-state index contributed by atoms with van der Waals surface area (Å²) in [6.45, 7) is 4.13. The van der Waals surface area contributed by atoms with Crippen molar-refractivity contribution < 1.29 is 13.9 Å². The molecular weight excluding hydrogens is 321 g/mol. The third-order valence-corrected chi connectivity index (χ3v) is 5.06. The first-order valence-electron chi connectivity index (χ1n) is 9.32. The number of nitrogens with one attached hydrogen (secondary N) is 2. The van der Waals surface area contributed by atoms with Gasteiger partial charge in [0.2, 0.25) is 5.91 Å². The van der Waals surface area contributed by atoms with E-state index in [-0.39, 0.29) is 11.7 Å². The van der Waals surface area contributed by atoms with E-state index in [4.69, 9.17) is 4.74 Å². The minimum Gasteiger partial charge on any atom is -0.493 e. The number of benzene rings is 1. The Labute approximate surface area is 148 Å². The molecule has 0 bridgehead atoms. The lowest BCUT2D eigenvalue weighted by atomic mass is 9.98. The number of hydrogen-bond donors (Lipinski definition) is 2. The first-order chi connectivity index (χ1) is 12.2. The molecule has 5 nitrogen and oxygen atoms in total. The topological polar surface area (TPSA) is 53.6 Å². The highest BCUT2D eigenvalue weighted by Crippen LogP contribution is 2.21. The monoisotopic (exact) mass is 349 g/mol. The molecule has 138 valence electrons. The number of amides is 1. The Morgan fingerprint density at radius 3 is 2.92 bits per heavy atom. The van der Waals surface area contributed by atoms with Crippen LogP contribution in [0.3, 0.4) is 0 Å². The highest BCUT2D eigenvalue weighted by Gasteiger charge is 2.24. The SMILES string of the molecule is O=C(CCCC1CNNC1)N1CCCC(COc2cccc(F)c2)C1. The molecule has 3 rings (SSSR count). The number of halogens is 1. The summed E-state index contributed by atoms with van der Waals surface area (Å²) in [5, 5.41) is 0. The van der Waals surface area contributed by atoms with Crippen LogP contribution in [0.25, 0.3) is 0 Å². The van der Waals surface area contributed by atoms with Crippen molar-refractivity contribution in [2.45, 2.75) is 32.1 Å². The van der Waals surface area contributed by atoms with Gasteiger partial charge in [-0.1, -0.05) is 6.07 Å². The van der Waals surface area contributed by atoms with Crippen molar-refractivity contribution in [3.63, 3.8) is 0 Å². The third kappa shape index (κ3) is 5.68. The molecule has 0 spiro atoms. The molecule has 2 saturated heterocycles. The molecule has 0 radical (unpaired) electrons. The predicted molar refractivity (Wildman–Crippen MR) is 94.5 cm³/mol. The summed E-state index contributed by atoms with van der Waals surface area (Å²) in [4.78, 5) is 14.4. The van der Waals surface area contributed by atoms with E-state index in [1.807, 2.05) is 4.90 Å². The van der Waals surface area contributed by atoms with Gasteiger partial charge in [0.1, 0.15) is 11.6 Å². The van der Waals surface area contributed by atoms with Gasteiger partial charge in [-0.3, -0.25) is 15.6 Å². The number of carbonyl (C=O) groups is 1. The summed E-state index contributed by atoms with van der Waals surface area (Å²) in [7, 11) is 0. The summed E-state index contributed by atoms with van der Waals surface area (Å²) in [6, 6.07) is 6.22. The Kier molecular flexibility index (Phi) is 6.64. The van der Waals surface area contributed by atoms with E-state index in [9.17, 15) is 9.18 Å². The molecule has 1 aromatic carbocycles. The molecule has 2 aliphatic rings. The van der Waals surface area contributed by atoms with Crippen LogP contribution >= 0.6 is 0 Å². The largest absolute Gasteiger partial charge is 0.493 e. The Balaban J connectivity index is 1.38. The molecule has 6 heteroatoms. The zero-order valence-electron chi connectivity index (χ0n) is 14.7. The standard InChI is InChI=1S/C19H28FN3O2/c20-17-6-2-7-18(10-17)25-14-16-5-3-9-23(13-16)19(24)8-1-4-15-11-21-22-12-15/h2,6-7,10,15-16,21-22H,1,3-5,8-9,11-14H2. The zero-order chi connectivity index (χ0) is 17.5. The number of nitrogens with zero attached hydrogens (tertiary/aromatic N) is 1. The maximum Gasteiger partial charge on any atom is 0.222 e. The fourth-order valence-corrected chi connectivity index (χ4v) is 3.61. The molecule has 1 atom stereocenters. The second kappa shape index (κ2) is 9.15. The van der Waals surface area contributed by atoms with Crippen LogP contribution in [0.5, 0.6) is 5.75 Å². The van der Waals surface area contributed by atoms with Gasteiger partial charge >= 0.3 is 0 Å². The average Bonchev–Trinajstić information content (AvgIpc) is 3.14. The van der Waals surface area contributed by atoms with Gasteiger partial charge in [0.25, 0.3) is 0 Å². The van der Waals surface area contributed by atoms with Crippen molar-refractivity contribution >= 4 is 5.91 Å². The maximum atomic E-state index is 13.2. The van der Waals surface area contributed by atoms with Gasteiger partial charge in [0, 0.05) is 44.6 Å².